The van der Waals surface area contributed by atoms with E-state index >= 15 is 0 Å². The first-order chi connectivity index (χ1) is 12.2. The number of hydrogen-bond donors (Lipinski definition) is 2. The van der Waals surface area contributed by atoms with Gasteiger partial charge in [-0.1, -0.05) is 18.2 Å². The van der Waals surface area contributed by atoms with Crippen LogP contribution in [0.4, 0.5) is 0 Å². The minimum absolute atomic E-state index is 0.212. The van der Waals surface area contributed by atoms with E-state index in [4.69, 9.17) is 14.5 Å². The molecule has 5 nitrogen and oxygen atoms in total. The SMILES string of the molecule is CCNC(=NCC1(SC)CCOCC1)NCCc1ccccc1OC. The molecule has 0 aliphatic carbocycles. The summed E-state index contributed by atoms with van der Waals surface area (Å²) in [5.41, 5.74) is 1.21. The number of nitrogens with one attached hydrogen (secondary N) is 2. The van der Waals surface area contributed by atoms with Gasteiger partial charge in [0.2, 0.25) is 0 Å². The number of para-hydroxylation sites is 1. The molecule has 1 aliphatic heterocycles. The second-order valence-corrected chi connectivity index (χ2v) is 7.46. The highest BCUT2D eigenvalue weighted by atomic mass is 32.2. The molecule has 1 fully saturated rings. The normalized spacial score (nSPS) is 17.2. The molecule has 1 aliphatic rings. The Morgan fingerprint density at radius 3 is 2.72 bits per heavy atom. The van der Waals surface area contributed by atoms with Crippen molar-refractivity contribution >= 4 is 17.7 Å². The first kappa shape index (κ1) is 19.9. The molecular weight excluding hydrogens is 334 g/mol. The fourth-order valence-corrected chi connectivity index (χ4v) is 3.73. The first-order valence-corrected chi connectivity index (χ1v) is 10.2. The van der Waals surface area contributed by atoms with Crippen LogP contribution >= 0.6 is 11.8 Å². The summed E-state index contributed by atoms with van der Waals surface area (Å²) in [5.74, 6) is 1.83. The summed E-state index contributed by atoms with van der Waals surface area (Å²) in [6.07, 6.45) is 5.22. The van der Waals surface area contributed by atoms with Crippen molar-refractivity contribution in [3.8, 4) is 5.75 Å². The molecule has 2 N–H and O–H groups in total. The average Bonchev–Trinajstić information content (AvgIpc) is 2.67. The summed E-state index contributed by atoms with van der Waals surface area (Å²) in [6.45, 7) is 6.28. The van der Waals surface area contributed by atoms with Crippen LogP contribution < -0.4 is 15.4 Å². The van der Waals surface area contributed by atoms with Crippen molar-refractivity contribution in [1.82, 2.24) is 10.6 Å². The molecule has 1 heterocycles. The minimum atomic E-state index is 0.212. The maximum Gasteiger partial charge on any atom is 0.191 e. The number of aliphatic imine (C=N–C) groups is 1. The van der Waals surface area contributed by atoms with E-state index in [1.54, 1.807) is 7.11 Å². The van der Waals surface area contributed by atoms with E-state index in [1.165, 1.54) is 5.56 Å². The molecule has 0 amide bonds. The minimum Gasteiger partial charge on any atom is -0.496 e. The summed E-state index contributed by atoms with van der Waals surface area (Å²) in [6, 6.07) is 8.15. The number of ether oxygens (including phenoxy) is 2. The molecule has 2 rings (SSSR count). The van der Waals surface area contributed by atoms with E-state index in [2.05, 4.69) is 29.9 Å². The molecular formula is C19H31N3O2S. The van der Waals surface area contributed by atoms with Gasteiger partial charge in [-0.3, -0.25) is 4.99 Å². The average molecular weight is 366 g/mol. The second kappa shape index (κ2) is 10.6. The fraction of sp³-hybridized carbons (Fsp3) is 0.632. The van der Waals surface area contributed by atoms with E-state index < -0.39 is 0 Å². The smallest absolute Gasteiger partial charge is 0.191 e. The molecule has 6 heteroatoms. The van der Waals surface area contributed by atoms with Crippen molar-refractivity contribution in [3.05, 3.63) is 29.8 Å². The lowest BCUT2D eigenvalue weighted by atomic mass is 9.99. The van der Waals surface area contributed by atoms with Gasteiger partial charge in [-0.2, -0.15) is 11.8 Å². The maximum absolute atomic E-state index is 5.51. The zero-order valence-electron chi connectivity index (χ0n) is 15.6. The van der Waals surface area contributed by atoms with Crippen molar-refractivity contribution < 1.29 is 9.47 Å². The van der Waals surface area contributed by atoms with Gasteiger partial charge in [0.25, 0.3) is 0 Å². The number of benzene rings is 1. The Hall–Kier alpha value is -1.40. The summed E-state index contributed by atoms with van der Waals surface area (Å²) in [7, 11) is 1.72. The lowest BCUT2D eigenvalue weighted by molar-refractivity contribution is 0.0794. The van der Waals surface area contributed by atoms with Gasteiger partial charge >= 0.3 is 0 Å². The highest BCUT2D eigenvalue weighted by Crippen LogP contribution is 2.33. The molecule has 25 heavy (non-hydrogen) atoms. The van der Waals surface area contributed by atoms with Crippen LogP contribution in [0.15, 0.2) is 29.3 Å². The van der Waals surface area contributed by atoms with E-state index in [0.717, 1.165) is 63.8 Å². The van der Waals surface area contributed by atoms with Crippen LogP contribution in [0, 0.1) is 0 Å². The highest BCUT2D eigenvalue weighted by molar-refractivity contribution is 8.00. The molecule has 0 radical (unpaired) electrons. The molecule has 0 atom stereocenters. The Bertz CT molecular complexity index is 545. The summed E-state index contributed by atoms with van der Waals surface area (Å²) in [4.78, 5) is 4.84. The lowest BCUT2D eigenvalue weighted by Gasteiger charge is -2.34. The molecule has 1 aromatic carbocycles. The van der Waals surface area contributed by atoms with Crippen LogP contribution in [-0.2, 0) is 11.2 Å². The topological polar surface area (TPSA) is 54.9 Å². The summed E-state index contributed by atoms with van der Waals surface area (Å²) in [5, 5.41) is 6.79. The van der Waals surface area contributed by atoms with Crippen molar-refractivity contribution in [2.45, 2.75) is 30.9 Å². The van der Waals surface area contributed by atoms with E-state index in [-0.39, 0.29) is 4.75 Å². The predicted molar refractivity (Wildman–Crippen MR) is 107 cm³/mol. The highest BCUT2D eigenvalue weighted by Gasteiger charge is 2.31. The largest absolute Gasteiger partial charge is 0.496 e. The Kier molecular flexibility index (Phi) is 8.41. The summed E-state index contributed by atoms with van der Waals surface area (Å²) >= 11 is 1.92. The molecule has 0 aromatic heterocycles. The Balaban J connectivity index is 1.91. The van der Waals surface area contributed by atoms with E-state index in [1.807, 2.05) is 30.0 Å². The van der Waals surface area contributed by atoms with Gasteiger partial charge in [0.05, 0.1) is 13.7 Å². The van der Waals surface area contributed by atoms with Gasteiger partial charge in [0, 0.05) is 31.1 Å². The Morgan fingerprint density at radius 2 is 2.04 bits per heavy atom. The molecule has 1 aromatic rings. The number of nitrogens with zero attached hydrogens (tertiary/aromatic N) is 1. The number of thioether (sulfide) groups is 1. The zero-order valence-corrected chi connectivity index (χ0v) is 16.5. The zero-order chi connectivity index (χ0) is 18.0. The number of hydrogen-bond acceptors (Lipinski definition) is 4. The molecule has 0 unspecified atom stereocenters. The standard InChI is InChI=1S/C19H31N3O2S/c1-4-20-18(22-15-19(25-3)10-13-24-14-11-19)21-12-9-16-7-5-6-8-17(16)23-2/h5-8H,4,9-15H2,1-3H3,(H2,20,21,22). The van der Waals surface area contributed by atoms with Crippen LogP contribution in [0.3, 0.4) is 0 Å². The lowest BCUT2D eigenvalue weighted by Crippen LogP contribution is -2.41. The third kappa shape index (κ3) is 6.12. The number of guanidine groups is 1. The van der Waals surface area contributed by atoms with Crippen LogP contribution in [0.5, 0.6) is 5.75 Å². The van der Waals surface area contributed by atoms with Crippen molar-refractivity contribution in [3.63, 3.8) is 0 Å². The molecule has 1 saturated heterocycles. The third-order valence-corrected chi connectivity index (χ3v) is 5.99. The fourth-order valence-electron chi connectivity index (χ4n) is 2.96. The summed E-state index contributed by atoms with van der Waals surface area (Å²) < 4.78 is 11.1. The Morgan fingerprint density at radius 1 is 1.28 bits per heavy atom. The van der Waals surface area contributed by atoms with Crippen LogP contribution in [-0.4, -0.2) is 56.9 Å². The first-order valence-electron chi connectivity index (χ1n) is 9.00. The maximum atomic E-state index is 5.51. The quantitative estimate of drug-likeness (QED) is 0.548. The molecule has 140 valence electrons. The van der Waals surface area contributed by atoms with Gasteiger partial charge in [0.15, 0.2) is 5.96 Å². The van der Waals surface area contributed by atoms with Crippen molar-refractivity contribution in [1.29, 1.82) is 0 Å². The van der Waals surface area contributed by atoms with Crippen LogP contribution in [0.25, 0.3) is 0 Å². The van der Waals surface area contributed by atoms with Gasteiger partial charge < -0.3 is 20.1 Å². The van der Waals surface area contributed by atoms with Crippen molar-refractivity contribution in [2.24, 2.45) is 4.99 Å². The van der Waals surface area contributed by atoms with Gasteiger partial charge in [-0.05, 0) is 44.1 Å². The second-order valence-electron chi connectivity index (χ2n) is 6.18. The molecule has 0 bridgehead atoms. The Labute approximate surface area is 156 Å². The van der Waals surface area contributed by atoms with Crippen LogP contribution in [0.2, 0.25) is 0 Å². The molecule has 0 spiro atoms. The predicted octanol–water partition coefficient (Wildman–Crippen LogP) is 2.71. The van der Waals surface area contributed by atoms with Gasteiger partial charge in [-0.25, -0.2) is 0 Å². The van der Waals surface area contributed by atoms with Gasteiger partial charge in [-0.15, -0.1) is 0 Å². The van der Waals surface area contributed by atoms with Gasteiger partial charge in [0.1, 0.15) is 5.75 Å². The molecule has 0 saturated carbocycles. The number of rotatable bonds is 8. The van der Waals surface area contributed by atoms with Crippen molar-refractivity contribution in [2.75, 3.05) is 46.2 Å². The third-order valence-electron chi connectivity index (χ3n) is 4.59. The van der Waals surface area contributed by atoms with Crippen LogP contribution in [0.1, 0.15) is 25.3 Å². The number of methoxy groups -OCH3 is 1. The van der Waals surface area contributed by atoms with E-state index in [9.17, 15) is 0 Å². The monoisotopic (exact) mass is 365 g/mol. The van der Waals surface area contributed by atoms with E-state index in [0.29, 0.717) is 0 Å².